The molecule has 0 spiro atoms. The van der Waals surface area contributed by atoms with Gasteiger partial charge in [-0.05, 0) is 72.9 Å². The lowest BCUT2D eigenvalue weighted by Gasteiger charge is -2.14. The number of hydrogen-bond acceptors (Lipinski definition) is 4. The monoisotopic (exact) mass is 496 g/mol. The van der Waals surface area contributed by atoms with Gasteiger partial charge in [-0.25, -0.2) is 8.91 Å². The van der Waals surface area contributed by atoms with Gasteiger partial charge in [-0.15, -0.1) is 5.10 Å². The van der Waals surface area contributed by atoms with Gasteiger partial charge in [0.25, 0.3) is 5.91 Å². The molecular formula is C28H25FN6O2. The Bertz CT molecular complexity index is 1680. The van der Waals surface area contributed by atoms with Gasteiger partial charge in [0.2, 0.25) is 11.9 Å². The van der Waals surface area contributed by atoms with Crippen LogP contribution in [-0.4, -0.2) is 31.0 Å². The molecule has 2 N–H and O–H groups in total. The highest BCUT2D eigenvalue weighted by Crippen LogP contribution is 2.31. The van der Waals surface area contributed by atoms with E-state index in [2.05, 4.69) is 20.7 Å². The molecule has 0 bridgehead atoms. The van der Waals surface area contributed by atoms with Crippen molar-refractivity contribution >= 4 is 34.3 Å². The van der Waals surface area contributed by atoms with Crippen molar-refractivity contribution in [2.45, 2.75) is 25.8 Å². The maximum Gasteiger partial charge on any atom is 0.253 e. The molecular weight excluding hydrogens is 471 g/mol. The minimum atomic E-state index is -0.355. The third kappa shape index (κ3) is 4.44. The van der Waals surface area contributed by atoms with Crippen LogP contribution in [0.25, 0.3) is 27.7 Å². The van der Waals surface area contributed by atoms with Crippen LogP contribution < -0.4 is 10.6 Å². The second-order valence-electron chi connectivity index (χ2n) is 9.55. The lowest BCUT2D eigenvalue weighted by molar-refractivity contribution is -0.117. The Morgan fingerprint density at radius 2 is 1.89 bits per heavy atom. The Labute approximate surface area is 212 Å². The summed E-state index contributed by atoms with van der Waals surface area (Å²) >= 11 is 0. The summed E-state index contributed by atoms with van der Waals surface area (Å²) in [5.41, 5.74) is 4.59. The van der Waals surface area contributed by atoms with Gasteiger partial charge in [0.1, 0.15) is 5.82 Å². The SMILES string of the molecule is CC(NC(=O)c1cn(C)c2ccc(-c3ccn4nc(NC(=O)C5CC5)nc4c3)cc12)c1cccc(F)c1. The summed E-state index contributed by atoms with van der Waals surface area (Å²) in [7, 11) is 1.90. The van der Waals surface area contributed by atoms with E-state index in [1.165, 1.54) is 12.1 Å². The quantitative estimate of drug-likeness (QED) is 0.351. The number of amides is 2. The van der Waals surface area contributed by atoms with Crippen molar-refractivity contribution < 1.29 is 14.0 Å². The van der Waals surface area contributed by atoms with Gasteiger partial charge in [-0.2, -0.15) is 4.98 Å². The normalized spacial score (nSPS) is 14.1. The molecule has 186 valence electrons. The van der Waals surface area contributed by atoms with E-state index in [4.69, 9.17) is 0 Å². The highest BCUT2D eigenvalue weighted by molar-refractivity contribution is 6.08. The maximum atomic E-state index is 13.6. The zero-order valence-corrected chi connectivity index (χ0v) is 20.4. The number of rotatable bonds is 6. The van der Waals surface area contributed by atoms with Gasteiger partial charge in [0.15, 0.2) is 5.65 Å². The Hall–Kier alpha value is -4.53. The number of halogens is 1. The zero-order chi connectivity index (χ0) is 25.7. The Kier molecular flexibility index (Phi) is 5.48. The summed E-state index contributed by atoms with van der Waals surface area (Å²) in [6.07, 6.45) is 5.43. The van der Waals surface area contributed by atoms with Crippen molar-refractivity contribution in [3.63, 3.8) is 0 Å². The molecule has 8 nitrogen and oxygen atoms in total. The fraction of sp³-hybridized carbons (Fsp3) is 0.214. The van der Waals surface area contributed by atoms with Crippen molar-refractivity contribution in [1.29, 1.82) is 0 Å². The number of nitrogens with zero attached hydrogens (tertiary/aromatic N) is 4. The van der Waals surface area contributed by atoms with E-state index in [0.717, 1.165) is 34.9 Å². The molecule has 0 saturated heterocycles. The van der Waals surface area contributed by atoms with Crippen LogP contribution in [0.4, 0.5) is 10.3 Å². The van der Waals surface area contributed by atoms with Gasteiger partial charge in [0.05, 0.1) is 11.6 Å². The van der Waals surface area contributed by atoms with Crippen molar-refractivity contribution in [3.05, 3.63) is 83.9 Å². The van der Waals surface area contributed by atoms with Crippen LogP contribution in [-0.2, 0) is 11.8 Å². The standard InChI is InChI=1S/C28H25FN6O2/c1-16(18-4-3-5-21(29)12-18)30-27(37)23-15-34(2)24-9-8-19(13-22(23)24)20-10-11-35-25(14-20)31-28(33-35)32-26(36)17-6-7-17/h3-5,8-17H,6-7H2,1-2H3,(H,30,37)(H,32,33,36). The summed E-state index contributed by atoms with van der Waals surface area (Å²) in [6.45, 7) is 1.83. The molecule has 2 amide bonds. The summed E-state index contributed by atoms with van der Waals surface area (Å²) in [5, 5.41) is 10.9. The third-order valence-corrected chi connectivity index (χ3v) is 6.78. The number of hydrogen-bond donors (Lipinski definition) is 2. The van der Waals surface area contributed by atoms with Gasteiger partial charge in [-0.3, -0.25) is 14.9 Å². The van der Waals surface area contributed by atoms with E-state index < -0.39 is 0 Å². The fourth-order valence-electron chi connectivity index (χ4n) is 4.56. The topological polar surface area (TPSA) is 93.3 Å². The smallest absolute Gasteiger partial charge is 0.253 e. The van der Waals surface area contributed by atoms with Crippen LogP contribution in [0, 0.1) is 11.7 Å². The molecule has 2 aromatic carbocycles. The van der Waals surface area contributed by atoms with E-state index in [0.29, 0.717) is 22.7 Å². The number of fused-ring (bicyclic) bond motifs is 2. The minimum Gasteiger partial charge on any atom is -0.350 e. The number of carbonyl (C=O) groups is 2. The van der Waals surface area contributed by atoms with Crippen molar-refractivity contribution in [3.8, 4) is 11.1 Å². The predicted molar refractivity (Wildman–Crippen MR) is 139 cm³/mol. The number of nitrogens with one attached hydrogen (secondary N) is 2. The van der Waals surface area contributed by atoms with Gasteiger partial charge < -0.3 is 9.88 Å². The lowest BCUT2D eigenvalue weighted by atomic mass is 10.0. The number of pyridine rings is 1. The van der Waals surface area contributed by atoms with E-state index in [1.54, 1.807) is 29.0 Å². The molecule has 1 saturated carbocycles. The Balaban J connectivity index is 1.29. The predicted octanol–water partition coefficient (Wildman–Crippen LogP) is 4.87. The van der Waals surface area contributed by atoms with Gasteiger partial charge in [0, 0.05) is 36.3 Å². The van der Waals surface area contributed by atoms with Crippen LogP contribution in [0.3, 0.4) is 0 Å². The van der Waals surface area contributed by atoms with E-state index in [-0.39, 0.29) is 29.6 Å². The Morgan fingerprint density at radius 1 is 1.08 bits per heavy atom. The van der Waals surface area contributed by atoms with Crippen LogP contribution in [0.2, 0.25) is 0 Å². The first-order valence-electron chi connectivity index (χ1n) is 12.2. The summed E-state index contributed by atoms with van der Waals surface area (Å²) in [4.78, 5) is 29.8. The second kappa shape index (κ2) is 8.85. The number of aryl methyl sites for hydroxylation is 1. The number of carbonyl (C=O) groups excluding carboxylic acids is 2. The van der Waals surface area contributed by atoms with Crippen molar-refractivity contribution in [2.24, 2.45) is 13.0 Å². The molecule has 1 aliphatic rings. The van der Waals surface area contributed by atoms with E-state index in [9.17, 15) is 14.0 Å². The summed E-state index contributed by atoms with van der Waals surface area (Å²) < 4.78 is 17.2. The van der Waals surface area contributed by atoms with E-state index in [1.807, 2.05) is 48.9 Å². The molecule has 3 heterocycles. The number of aromatic nitrogens is 4. The first-order valence-corrected chi connectivity index (χ1v) is 12.2. The molecule has 0 aliphatic heterocycles. The molecule has 3 aromatic heterocycles. The highest BCUT2D eigenvalue weighted by Gasteiger charge is 2.30. The maximum absolute atomic E-state index is 13.6. The molecule has 0 radical (unpaired) electrons. The van der Waals surface area contributed by atoms with Gasteiger partial charge in [-0.1, -0.05) is 18.2 Å². The minimum absolute atomic E-state index is 0.0387. The second-order valence-corrected chi connectivity index (χ2v) is 9.55. The molecule has 5 aromatic rings. The largest absolute Gasteiger partial charge is 0.350 e. The molecule has 1 unspecified atom stereocenters. The molecule has 1 atom stereocenters. The van der Waals surface area contributed by atoms with Crippen LogP contribution >= 0.6 is 0 Å². The fourth-order valence-corrected chi connectivity index (χ4v) is 4.56. The molecule has 9 heteroatoms. The van der Waals surface area contributed by atoms with Crippen LogP contribution in [0.5, 0.6) is 0 Å². The zero-order valence-electron chi connectivity index (χ0n) is 20.4. The number of benzene rings is 2. The molecule has 1 aliphatic carbocycles. The first kappa shape index (κ1) is 22.9. The molecule has 37 heavy (non-hydrogen) atoms. The van der Waals surface area contributed by atoms with Crippen molar-refractivity contribution in [2.75, 3.05) is 5.32 Å². The van der Waals surface area contributed by atoms with Crippen LogP contribution in [0.1, 0.15) is 41.7 Å². The Morgan fingerprint density at radius 3 is 2.68 bits per heavy atom. The highest BCUT2D eigenvalue weighted by atomic mass is 19.1. The number of anilines is 1. The lowest BCUT2D eigenvalue weighted by Crippen LogP contribution is -2.26. The summed E-state index contributed by atoms with van der Waals surface area (Å²) in [5.74, 6) is -0.246. The molecule has 1 fully saturated rings. The van der Waals surface area contributed by atoms with Crippen molar-refractivity contribution in [1.82, 2.24) is 24.5 Å². The van der Waals surface area contributed by atoms with Gasteiger partial charge >= 0.3 is 0 Å². The molecule has 6 rings (SSSR count). The first-order chi connectivity index (χ1) is 17.9. The third-order valence-electron chi connectivity index (χ3n) is 6.78. The average Bonchev–Trinajstić information content (AvgIpc) is 3.59. The van der Waals surface area contributed by atoms with E-state index >= 15 is 0 Å². The van der Waals surface area contributed by atoms with Crippen LogP contribution in [0.15, 0.2) is 67.0 Å². The average molecular weight is 497 g/mol. The summed E-state index contributed by atoms with van der Waals surface area (Å²) in [6, 6.07) is 15.7.